The summed E-state index contributed by atoms with van der Waals surface area (Å²) in [5, 5.41) is 9.68. The van der Waals surface area contributed by atoms with Gasteiger partial charge in [0.15, 0.2) is 0 Å². The monoisotopic (exact) mass is 713 g/mol. The van der Waals surface area contributed by atoms with Crippen molar-refractivity contribution in [2.75, 3.05) is 4.90 Å². The normalized spacial score (nSPS) is 11.6. The van der Waals surface area contributed by atoms with Gasteiger partial charge in [0.05, 0.1) is 0 Å². The molecule has 0 fully saturated rings. The quantitative estimate of drug-likeness (QED) is 0.160. The van der Waals surface area contributed by atoms with Crippen LogP contribution in [0.1, 0.15) is 0 Å². The Hall–Kier alpha value is -7.42. The van der Waals surface area contributed by atoms with Crippen LogP contribution < -0.4 is 4.90 Å². The van der Waals surface area contributed by atoms with E-state index in [2.05, 4.69) is 211 Å². The van der Waals surface area contributed by atoms with Crippen LogP contribution in [0.4, 0.5) is 17.1 Å². The first-order valence-corrected chi connectivity index (χ1v) is 19.2. The predicted octanol–water partition coefficient (Wildman–Crippen LogP) is 15.5. The standard InChI is InChI=1S/C54H35NO/c1-3-11-36(12-4-1)37-21-26-43(27-22-37)55(44-28-23-38(24-29-44)41-25-31-47-42(33-41)20-19-40-15-7-8-16-46(40)47)45-30-32-48-50(39-13-5-2-6-14-39)35-53-54(51(48)34-45)49-17-9-10-18-52(49)56-53/h1-35H. The maximum atomic E-state index is 6.54. The Kier molecular flexibility index (Phi) is 7.53. The van der Waals surface area contributed by atoms with Gasteiger partial charge >= 0.3 is 0 Å². The predicted molar refractivity (Wildman–Crippen MR) is 237 cm³/mol. The van der Waals surface area contributed by atoms with E-state index in [1.54, 1.807) is 0 Å². The lowest BCUT2D eigenvalue weighted by molar-refractivity contribution is 0.669. The van der Waals surface area contributed by atoms with Crippen molar-refractivity contribution in [1.29, 1.82) is 0 Å². The maximum Gasteiger partial charge on any atom is 0.136 e. The molecule has 0 spiro atoms. The summed E-state index contributed by atoms with van der Waals surface area (Å²) in [5.41, 5.74) is 12.1. The van der Waals surface area contributed by atoms with Gasteiger partial charge in [-0.1, -0.05) is 158 Å². The Balaban J connectivity index is 1.08. The minimum Gasteiger partial charge on any atom is -0.456 e. The number of fused-ring (bicyclic) bond motifs is 8. The first-order chi connectivity index (χ1) is 27.7. The molecule has 0 N–H and O–H groups in total. The van der Waals surface area contributed by atoms with Crippen molar-refractivity contribution in [2.24, 2.45) is 0 Å². The molecule has 0 aliphatic carbocycles. The van der Waals surface area contributed by atoms with Gasteiger partial charge in [-0.25, -0.2) is 0 Å². The SMILES string of the molecule is c1ccc(-c2ccc(N(c3ccc(-c4ccc5c(ccc6ccccc65)c4)cc3)c3ccc4c(-c5ccccc5)cc5oc6ccccc6c5c4c3)cc2)cc1. The number of furan rings is 1. The van der Waals surface area contributed by atoms with E-state index in [-0.39, 0.29) is 0 Å². The van der Waals surface area contributed by atoms with E-state index < -0.39 is 0 Å². The van der Waals surface area contributed by atoms with Crippen molar-refractivity contribution in [1.82, 2.24) is 0 Å². The Bertz CT molecular complexity index is 3220. The van der Waals surface area contributed by atoms with Crippen LogP contribution in [0, 0.1) is 0 Å². The first-order valence-electron chi connectivity index (χ1n) is 19.2. The summed E-state index contributed by atoms with van der Waals surface area (Å²) in [4.78, 5) is 2.37. The number of rotatable bonds is 6. The fraction of sp³-hybridized carbons (Fsp3) is 0. The van der Waals surface area contributed by atoms with Crippen LogP contribution in [0.15, 0.2) is 217 Å². The molecule has 0 bridgehead atoms. The van der Waals surface area contributed by atoms with Crippen LogP contribution in [0.3, 0.4) is 0 Å². The lowest BCUT2D eigenvalue weighted by atomic mass is 9.94. The van der Waals surface area contributed by atoms with Gasteiger partial charge in [0.1, 0.15) is 11.2 Å². The van der Waals surface area contributed by atoms with Crippen molar-refractivity contribution in [3.05, 3.63) is 212 Å². The number of hydrogen-bond donors (Lipinski definition) is 0. The Morgan fingerprint density at radius 3 is 1.57 bits per heavy atom. The van der Waals surface area contributed by atoms with Gasteiger partial charge in [-0.15, -0.1) is 0 Å². The molecule has 2 heteroatoms. The molecule has 2 nitrogen and oxygen atoms in total. The zero-order chi connectivity index (χ0) is 37.0. The summed E-state index contributed by atoms with van der Waals surface area (Å²) >= 11 is 0. The van der Waals surface area contributed by atoms with Crippen LogP contribution in [-0.4, -0.2) is 0 Å². The van der Waals surface area contributed by atoms with Gasteiger partial charge < -0.3 is 9.32 Å². The molecule has 0 aliphatic rings. The summed E-state index contributed by atoms with van der Waals surface area (Å²) in [5.74, 6) is 0. The van der Waals surface area contributed by atoms with Crippen molar-refractivity contribution < 1.29 is 4.42 Å². The highest BCUT2D eigenvalue weighted by atomic mass is 16.3. The van der Waals surface area contributed by atoms with Crippen molar-refractivity contribution in [3.63, 3.8) is 0 Å². The molecule has 1 heterocycles. The van der Waals surface area contributed by atoms with E-state index >= 15 is 0 Å². The van der Waals surface area contributed by atoms with Gasteiger partial charge in [-0.3, -0.25) is 0 Å². The summed E-state index contributed by atoms with van der Waals surface area (Å²) in [7, 11) is 0. The van der Waals surface area contributed by atoms with Gasteiger partial charge in [0.2, 0.25) is 0 Å². The number of anilines is 3. The van der Waals surface area contributed by atoms with Crippen molar-refractivity contribution in [2.45, 2.75) is 0 Å². The van der Waals surface area contributed by atoms with E-state index in [1.165, 1.54) is 54.7 Å². The molecule has 0 unspecified atom stereocenters. The number of nitrogens with zero attached hydrogens (tertiary/aromatic N) is 1. The Labute approximate surface area is 325 Å². The highest BCUT2D eigenvalue weighted by Crippen LogP contribution is 2.44. The van der Waals surface area contributed by atoms with Crippen LogP contribution in [0.25, 0.3) is 87.6 Å². The molecule has 0 aliphatic heterocycles. The van der Waals surface area contributed by atoms with Crippen LogP contribution >= 0.6 is 0 Å². The van der Waals surface area contributed by atoms with Gasteiger partial charge in [-0.05, 0) is 120 Å². The fourth-order valence-corrected chi connectivity index (χ4v) is 8.50. The first kappa shape index (κ1) is 32.0. The highest BCUT2D eigenvalue weighted by molar-refractivity contribution is 6.22. The molecular formula is C54H35NO. The molecule has 0 amide bonds. The molecule has 10 aromatic carbocycles. The molecule has 11 rings (SSSR count). The van der Waals surface area contributed by atoms with Gasteiger partial charge in [0.25, 0.3) is 0 Å². The molecular weight excluding hydrogens is 679 g/mol. The van der Waals surface area contributed by atoms with Crippen LogP contribution in [0.2, 0.25) is 0 Å². The lowest BCUT2D eigenvalue weighted by Gasteiger charge is -2.26. The van der Waals surface area contributed by atoms with E-state index in [4.69, 9.17) is 4.42 Å². The third-order valence-corrected chi connectivity index (χ3v) is 11.2. The summed E-state index contributed by atoms with van der Waals surface area (Å²) in [6, 6.07) is 76.5. The molecule has 262 valence electrons. The second-order valence-electron chi connectivity index (χ2n) is 14.5. The third kappa shape index (κ3) is 5.42. The summed E-state index contributed by atoms with van der Waals surface area (Å²) in [6.45, 7) is 0. The van der Waals surface area contributed by atoms with Crippen molar-refractivity contribution in [3.8, 4) is 33.4 Å². The summed E-state index contributed by atoms with van der Waals surface area (Å²) in [6.07, 6.45) is 0. The van der Waals surface area contributed by atoms with Crippen LogP contribution in [0.5, 0.6) is 0 Å². The van der Waals surface area contributed by atoms with E-state index in [1.807, 2.05) is 6.07 Å². The summed E-state index contributed by atoms with van der Waals surface area (Å²) < 4.78 is 6.54. The lowest BCUT2D eigenvalue weighted by Crippen LogP contribution is -2.10. The minimum absolute atomic E-state index is 0.890. The number of para-hydroxylation sites is 1. The van der Waals surface area contributed by atoms with Gasteiger partial charge in [0, 0.05) is 27.8 Å². The van der Waals surface area contributed by atoms with E-state index in [0.29, 0.717) is 0 Å². The van der Waals surface area contributed by atoms with E-state index in [0.717, 1.165) is 50.0 Å². The largest absolute Gasteiger partial charge is 0.456 e. The van der Waals surface area contributed by atoms with Gasteiger partial charge in [-0.2, -0.15) is 0 Å². The van der Waals surface area contributed by atoms with Crippen molar-refractivity contribution >= 4 is 71.3 Å². The maximum absolute atomic E-state index is 6.54. The molecule has 11 aromatic rings. The minimum atomic E-state index is 0.890. The Morgan fingerprint density at radius 1 is 0.286 bits per heavy atom. The van der Waals surface area contributed by atoms with E-state index in [9.17, 15) is 0 Å². The average Bonchev–Trinajstić information content (AvgIpc) is 3.66. The second kappa shape index (κ2) is 13.2. The second-order valence-corrected chi connectivity index (χ2v) is 14.5. The smallest absolute Gasteiger partial charge is 0.136 e. The molecule has 0 radical (unpaired) electrons. The average molecular weight is 714 g/mol. The Morgan fingerprint density at radius 2 is 0.821 bits per heavy atom. The van der Waals surface area contributed by atoms with Crippen LogP contribution in [-0.2, 0) is 0 Å². The topological polar surface area (TPSA) is 16.4 Å². The number of benzene rings is 10. The molecule has 0 atom stereocenters. The molecule has 0 saturated carbocycles. The molecule has 0 saturated heterocycles. The zero-order valence-corrected chi connectivity index (χ0v) is 30.6. The zero-order valence-electron chi connectivity index (χ0n) is 30.6. The number of hydrogen-bond acceptors (Lipinski definition) is 2. The highest BCUT2D eigenvalue weighted by Gasteiger charge is 2.19. The molecule has 56 heavy (non-hydrogen) atoms. The molecule has 1 aromatic heterocycles. The third-order valence-electron chi connectivity index (χ3n) is 11.2. The fourth-order valence-electron chi connectivity index (χ4n) is 8.50.